The molecular formula is C13H19N3O2. The van der Waals surface area contributed by atoms with Gasteiger partial charge in [-0.15, -0.1) is 0 Å². The third-order valence-electron chi connectivity index (χ3n) is 3.19. The number of carbonyl (C=O) groups is 1. The molecule has 0 aromatic carbocycles. The van der Waals surface area contributed by atoms with E-state index in [1.807, 2.05) is 6.07 Å². The Morgan fingerprint density at radius 3 is 3.00 bits per heavy atom. The molecule has 98 valence electrons. The van der Waals surface area contributed by atoms with Crippen molar-refractivity contribution in [3.8, 4) is 0 Å². The fourth-order valence-electron chi connectivity index (χ4n) is 2.25. The molecule has 1 saturated heterocycles. The number of aromatic nitrogens is 1. The van der Waals surface area contributed by atoms with Crippen LogP contribution in [0.25, 0.3) is 0 Å². The van der Waals surface area contributed by atoms with Gasteiger partial charge in [-0.25, -0.2) is 4.98 Å². The fraction of sp³-hybridized carbons (Fsp3) is 0.538. The van der Waals surface area contributed by atoms with Crippen LogP contribution in [0.5, 0.6) is 0 Å². The molecule has 2 N–H and O–H groups in total. The predicted molar refractivity (Wildman–Crippen MR) is 69.5 cm³/mol. The number of piperidine rings is 1. The molecule has 5 heteroatoms. The third kappa shape index (κ3) is 2.79. The average Bonchev–Trinajstić information content (AvgIpc) is 2.37. The Bertz CT molecular complexity index is 446. The number of aliphatic hydroxyl groups is 1. The Balaban J connectivity index is 2.15. The lowest BCUT2D eigenvalue weighted by atomic mass is 9.95. The smallest absolute Gasteiger partial charge is 0.272 e. The molecule has 0 radical (unpaired) electrons. The minimum atomic E-state index is -0.783. The Kier molecular flexibility index (Phi) is 3.52. The largest absolute Gasteiger partial charge is 0.388 e. The van der Waals surface area contributed by atoms with Crippen molar-refractivity contribution in [1.82, 2.24) is 9.88 Å². The molecule has 1 aromatic rings. The van der Waals surface area contributed by atoms with Crippen molar-refractivity contribution in [1.29, 1.82) is 0 Å². The molecule has 2 rings (SSSR count). The van der Waals surface area contributed by atoms with Crippen molar-refractivity contribution in [3.63, 3.8) is 0 Å². The second kappa shape index (κ2) is 4.94. The van der Waals surface area contributed by atoms with Crippen LogP contribution < -0.4 is 5.32 Å². The number of hydrogen-bond acceptors (Lipinski definition) is 4. The molecule has 0 spiro atoms. The van der Waals surface area contributed by atoms with Crippen LogP contribution in [0.3, 0.4) is 0 Å². The highest BCUT2D eigenvalue weighted by atomic mass is 16.3. The topological polar surface area (TPSA) is 65.5 Å². The second-order valence-corrected chi connectivity index (χ2v) is 4.99. The summed E-state index contributed by atoms with van der Waals surface area (Å²) in [5.41, 5.74) is -0.367. The first kappa shape index (κ1) is 12.8. The van der Waals surface area contributed by atoms with E-state index in [1.54, 1.807) is 31.0 Å². The molecule has 1 aliphatic heterocycles. The fourth-order valence-corrected chi connectivity index (χ4v) is 2.25. The number of anilines is 1. The lowest BCUT2D eigenvalue weighted by Crippen LogP contribution is -2.48. The summed E-state index contributed by atoms with van der Waals surface area (Å²) >= 11 is 0. The number of carbonyl (C=O) groups excluding carboxylic acids is 1. The van der Waals surface area contributed by atoms with Gasteiger partial charge in [-0.05, 0) is 31.9 Å². The molecule has 1 atom stereocenters. The predicted octanol–water partition coefficient (Wildman–Crippen LogP) is 1.11. The average molecular weight is 249 g/mol. The summed E-state index contributed by atoms with van der Waals surface area (Å²) in [7, 11) is 1.77. The van der Waals surface area contributed by atoms with Crippen LogP contribution in [-0.4, -0.2) is 46.6 Å². The summed E-state index contributed by atoms with van der Waals surface area (Å²) < 4.78 is 0. The molecule has 5 nitrogen and oxygen atoms in total. The molecule has 0 bridgehead atoms. The summed E-state index contributed by atoms with van der Waals surface area (Å²) in [4.78, 5) is 18.2. The van der Waals surface area contributed by atoms with E-state index in [1.165, 1.54) is 0 Å². The zero-order chi connectivity index (χ0) is 13.2. The minimum absolute atomic E-state index is 0.118. The van der Waals surface area contributed by atoms with Gasteiger partial charge >= 0.3 is 0 Å². The molecule has 1 aliphatic rings. The highest BCUT2D eigenvalue weighted by Crippen LogP contribution is 2.21. The number of rotatable bonds is 2. The number of nitrogens with zero attached hydrogens (tertiary/aromatic N) is 2. The van der Waals surface area contributed by atoms with Gasteiger partial charge in [-0.1, -0.05) is 6.07 Å². The van der Waals surface area contributed by atoms with Crippen LogP contribution in [0.4, 0.5) is 5.82 Å². The van der Waals surface area contributed by atoms with Gasteiger partial charge < -0.3 is 15.3 Å². The number of amides is 1. The van der Waals surface area contributed by atoms with Gasteiger partial charge in [0, 0.05) is 20.1 Å². The molecular weight excluding hydrogens is 230 g/mol. The van der Waals surface area contributed by atoms with E-state index in [0.717, 1.165) is 12.8 Å². The van der Waals surface area contributed by atoms with Crippen LogP contribution in [0.2, 0.25) is 0 Å². The molecule has 0 aliphatic carbocycles. The maximum atomic E-state index is 12.3. The van der Waals surface area contributed by atoms with Gasteiger partial charge in [-0.2, -0.15) is 0 Å². The summed E-state index contributed by atoms with van der Waals surface area (Å²) in [6.45, 7) is 2.82. The van der Waals surface area contributed by atoms with Crippen molar-refractivity contribution >= 4 is 11.7 Å². The Hall–Kier alpha value is -1.62. The van der Waals surface area contributed by atoms with Gasteiger partial charge in [0.25, 0.3) is 5.91 Å². The molecule has 18 heavy (non-hydrogen) atoms. The van der Waals surface area contributed by atoms with Crippen molar-refractivity contribution < 1.29 is 9.90 Å². The Morgan fingerprint density at radius 1 is 1.56 bits per heavy atom. The summed E-state index contributed by atoms with van der Waals surface area (Å²) in [6.07, 6.45) is 1.56. The van der Waals surface area contributed by atoms with Crippen molar-refractivity contribution in [2.24, 2.45) is 0 Å². The zero-order valence-corrected chi connectivity index (χ0v) is 10.8. The standard InChI is InChI=1S/C13H19N3O2/c1-13(18)7-4-8-16(9-13)12(17)10-5-3-6-11(14-2)15-10/h3,5-6,18H,4,7-9H2,1-2H3,(H,14,15). The van der Waals surface area contributed by atoms with Crippen molar-refractivity contribution in [3.05, 3.63) is 23.9 Å². The van der Waals surface area contributed by atoms with Gasteiger partial charge in [-0.3, -0.25) is 4.79 Å². The van der Waals surface area contributed by atoms with E-state index < -0.39 is 5.60 Å². The van der Waals surface area contributed by atoms with E-state index in [4.69, 9.17) is 0 Å². The van der Waals surface area contributed by atoms with Crippen LogP contribution >= 0.6 is 0 Å². The summed E-state index contributed by atoms with van der Waals surface area (Å²) in [5.74, 6) is 0.552. The van der Waals surface area contributed by atoms with Crippen LogP contribution in [0.1, 0.15) is 30.3 Å². The van der Waals surface area contributed by atoms with E-state index >= 15 is 0 Å². The molecule has 0 saturated carbocycles. The number of pyridine rings is 1. The lowest BCUT2D eigenvalue weighted by Gasteiger charge is -2.36. The summed E-state index contributed by atoms with van der Waals surface area (Å²) in [5, 5.41) is 12.9. The van der Waals surface area contributed by atoms with Gasteiger partial charge in [0.2, 0.25) is 0 Å². The number of hydrogen-bond donors (Lipinski definition) is 2. The first-order chi connectivity index (χ1) is 8.52. The molecule has 1 unspecified atom stereocenters. The first-order valence-corrected chi connectivity index (χ1v) is 6.18. The quantitative estimate of drug-likeness (QED) is 0.824. The van der Waals surface area contributed by atoms with Gasteiger partial charge in [0.1, 0.15) is 11.5 Å². The minimum Gasteiger partial charge on any atom is -0.388 e. The van der Waals surface area contributed by atoms with Crippen LogP contribution in [-0.2, 0) is 0 Å². The van der Waals surface area contributed by atoms with E-state index in [2.05, 4.69) is 10.3 Å². The number of likely N-dealkylation sites (tertiary alicyclic amines) is 1. The van der Waals surface area contributed by atoms with E-state index in [-0.39, 0.29) is 5.91 Å². The van der Waals surface area contributed by atoms with Crippen molar-refractivity contribution in [2.45, 2.75) is 25.4 Å². The SMILES string of the molecule is CNc1cccc(C(=O)N2CCCC(C)(O)C2)n1. The highest BCUT2D eigenvalue weighted by Gasteiger charge is 2.31. The Labute approximate surface area is 107 Å². The maximum absolute atomic E-state index is 12.3. The molecule has 2 heterocycles. The van der Waals surface area contributed by atoms with Crippen LogP contribution in [0.15, 0.2) is 18.2 Å². The van der Waals surface area contributed by atoms with E-state index in [9.17, 15) is 9.90 Å². The van der Waals surface area contributed by atoms with Gasteiger partial charge in [0.15, 0.2) is 0 Å². The van der Waals surface area contributed by atoms with Crippen LogP contribution in [0, 0.1) is 0 Å². The lowest BCUT2D eigenvalue weighted by molar-refractivity contribution is -0.0109. The van der Waals surface area contributed by atoms with E-state index in [0.29, 0.717) is 24.6 Å². The molecule has 1 fully saturated rings. The van der Waals surface area contributed by atoms with Gasteiger partial charge in [0.05, 0.1) is 5.60 Å². The van der Waals surface area contributed by atoms with Crippen molar-refractivity contribution in [2.75, 3.05) is 25.5 Å². The highest BCUT2D eigenvalue weighted by molar-refractivity contribution is 5.92. The number of β-amino-alcohol motifs (C(OH)–C–C–N with tert-alkyl or cyclic N) is 1. The monoisotopic (exact) mass is 249 g/mol. The number of nitrogens with one attached hydrogen (secondary N) is 1. The second-order valence-electron chi connectivity index (χ2n) is 4.99. The normalized spacial score (nSPS) is 23.8. The Morgan fingerprint density at radius 2 is 2.33 bits per heavy atom. The first-order valence-electron chi connectivity index (χ1n) is 6.18. The zero-order valence-electron chi connectivity index (χ0n) is 10.8. The maximum Gasteiger partial charge on any atom is 0.272 e. The molecule has 1 amide bonds. The molecule has 1 aromatic heterocycles. The third-order valence-corrected chi connectivity index (χ3v) is 3.19. The summed E-state index contributed by atoms with van der Waals surface area (Å²) in [6, 6.07) is 5.31.